The van der Waals surface area contributed by atoms with E-state index in [2.05, 4.69) is 0 Å². The number of hydrogen-bond acceptors (Lipinski definition) is 3. The molecule has 1 aromatic rings. The van der Waals surface area contributed by atoms with Gasteiger partial charge in [0.05, 0.1) is 0 Å². The van der Waals surface area contributed by atoms with Gasteiger partial charge in [0.15, 0.2) is 0 Å². The summed E-state index contributed by atoms with van der Waals surface area (Å²) in [5.74, 6) is -1.16. The molecule has 0 aromatic heterocycles. The van der Waals surface area contributed by atoms with Gasteiger partial charge in [0.25, 0.3) is 0 Å². The Kier molecular flexibility index (Phi) is 4.94. The van der Waals surface area contributed by atoms with Crippen LogP contribution in [0.1, 0.15) is 50.7 Å². The van der Waals surface area contributed by atoms with Gasteiger partial charge in [0, 0.05) is 0 Å². The summed E-state index contributed by atoms with van der Waals surface area (Å²) in [5.41, 5.74) is 5.20. The van der Waals surface area contributed by atoms with E-state index in [0.29, 0.717) is 4.90 Å². The Morgan fingerprint density at radius 2 is 1.92 bits per heavy atom. The van der Waals surface area contributed by atoms with Gasteiger partial charge in [0.2, 0.25) is 0 Å². The fourth-order valence-electron chi connectivity index (χ4n) is 3.60. The van der Waals surface area contributed by atoms with Crippen molar-refractivity contribution in [2.45, 2.75) is 55.6 Å². The molecule has 0 radical (unpaired) electrons. The number of carbonyl (C=O) groups is 1. The van der Waals surface area contributed by atoms with Crippen molar-refractivity contribution in [2.75, 3.05) is 0 Å². The molecule has 1 unspecified atom stereocenters. The van der Waals surface area contributed by atoms with Crippen LogP contribution in [0.4, 0.5) is 0 Å². The van der Waals surface area contributed by atoms with Crippen LogP contribution in [0.25, 0.3) is 5.57 Å². The van der Waals surface area contributed by atoms with Crippen molar-refractivity contribution in [1.29, 1.82) is 0 Å². The molecule has 0 aliphatic heterocycles. The molecule has 3 rings (SSSR count). The Labute approximate surface area is 148 Å². The van der Waals surface area contributed by atoms with Crippen molar-refractivity contribution in [3.05, 3.63) is 34.9 Å². The van der Waals surface area contributed by atoms with Gasteiger partial charge >= 0.3 is 149 Å². The van der Waals surface area contributed by atoms with Crippen LogP contribution in [0.15, 0.2) is 28.7 Å². The van der Waals surface area contributed by atoms with Crippen LogP contribution in [-0.2, 0) is 19.3 Å². The summed E-state index contributed by atoms with van der Waals surface area (Å²) in [6, 6.07) is 5.42. The zero-order valence-electron chi connectivity index (χ0n) is 14.0. The third-order valence-corrected chi connectivity index (χ3v) is 13.3. The number of rotatable bonds is 5. The molecule has 0 saturated heterocycles. The summed E-state index contributed by atoms with van der Waals surface area (Å²) in [7, 11) is -3.48. The number of allylic oxidation sites excluding steroid dienone is 2. The molecular formula is C18H23AsO4S. The normalized spacial score (nSPS) is 19.0. The predicted molar refractivity (Wildman–Crippen MR) is 96.1 cm³/mol. The molecule has 0 spiro atoms. The van der Waals surface area contributed by atoms with Gasteiger partial charge in [-0.2, -0.15) is 0 Å². The monoisotopic (exact) mass is 410 g/mol. The van der Waals surface area contributed by atoms with E-state index in [1.807, 2.05) is 6.07 Å². The number of carboxylic acid groups (broad SMARTS) is 1. The van der Waals surface area contributed by atoms with Crippen LogP contribution in [0.3, 0.4) is 0 Å². The van der Waals surface area contributed by atoms with E-state index in [9.17, 15) is 18.3 Å². The van der Waals surface area contributed by atoms with Gasteiger partial charge in [-0.15, -0.1) is 0 Å². The van der Waals surface area contributed by atoms with Gasteiger partial charge in [-0.1, -0.05) is 0 Å². The molecule has 130 valence electrons. The Hall–Kier alpha value is -1.06. The summed E-state index contributed by atoms with van der Waals surface area (Å²) in [6.45, 7) is 3.55. The van der Waals surface area contributed by atoms with E-state index < -0.39 is 33.4 Å². The molecule has 2 aliphatic carbocycles. The zero-order chi connectivity index (χ0) is 17.5. The summed E-state index contributed by atoms with van der Waals surface area (Å²) in [5, 5.41) is 9.31. The third kappa shape index (κ3) is 3.34. The van der Waals surface area contributed by atoms with Crippen LogP contribution in [-0.4, -0.2) is 34.1 Å². The molecule has 0 fully saturated rings. The number of aliphatic carboxylic acids is 1. The number of benzene rings is 1. The van der Waals surface area contributed by atoms with Crippen LogP contribution in [0.5, 0.6) is 0 Å². The van der Waals surface area contributed by atoms with Gasteiger partial charge in [-0.25, -0.2) is 0 Å². The Bertz CT molecular complexity index is 808. The van der Waals surface area contributed by atoms with Gasteiger partial charge in [0.1, 0.15) is 0 Å². The van der Waals surface area contributed by atoms with E-state index in [1.165, 1.54) is 29.6 Å². The first-order chi connectivity index (χ1) is 11.3. The molecule has 0 bridgehead atoms. The number of fused-ring (bicyclic) bond motifs is 2. The minimum absolute atomic E-state index is 0.166. The van der Waals surface area contributed by atoms with E-state index in [1.54, 1.807) is 26.0 Å². The fraction of sp³-hybridized carbons (Fsp3) is 0.500. The molecule has 4 nitrogen and oxygen atoms in total. The van der Waals surface area contributed by atoms with Crippen LogP contribution in [0, 0.1) is 5.92 Å². The second kappa shape index (κ2) is 6.68. The maximum absolute atomic E-state index is 12.7. The average molecular weight is 410 g/mol. The third-order valence-electron chi connectivity index (χ3n) is 4.91. The molecule has 6 heteroatoms. The second-order valence-electron chi connectivity index (χ2n) is 6.97. The molecule has 0 amide bonds. The topological polar surface area (TPSA) is 71.4 Å². The molecule has 2 aliphatic rings. The number of carboxylic acids is 1. The summed E-state index contributed by atoms with van der Waals surface area (Å²) in [6.07, 6.45) is 5.50. The van der Waals surface area contributed by atoms with Crippen molar-refractivity contribution in [2.24, 2.45) is 5.92 Å². The fourth-order valence-corrected chi connectivity index (χ4v) is 11.1. The molecule has 2 atom stereocenters. The first-order valence-electron chi connectivity index (χ1n) is 8.39. The van der Waals surface area contributed by atoms with Crippen molar-refractivity contribution >= 4 is 34.2 Å². The molecule has 0 heterocycles. The van der Waals surface area contributed by atoms with Gasteiger partial charge in [-0.05, 0) is 0 Å². The Balaban J connectivity index is 1.88. The van der Waals surface area contributed by atoms with E-state index in [4.69, 9.17) is 0 Å². The minimum atomic E-state index is -3.48. The molecular weight excluding hydrogens is 387 g/mol. The Morgan fingerprint density at radius 3 is 2.58 bits per heavy atom. The van der Waals surface area contributed by atoms with Crippen LogP contribution in [0.2, 0.25) is 4.71 Å². The summed E-state index contributed by atoms with van der Waals surface area (Å²) >= 11 is -1.67. The molecule has 24 heavy (non-hydrogen) atoms. The summed E-state index contributed by atoms with van der Waals surface area (Å²) in [4.78, 5) is 11.7. The van der Waals surface area contributed by atoms with Crippen molar-refractivity contribution in [3.8, 4) is 0 Å². The SMILES string of the molecule is CC(C)[C@H]([AsH]S(=O)(=O)c1ccc2c(c1)CC1=C2CCCC1)C(=O)O. The van der Waals surface area contributed by atoms with Crippen molar-refractivity contribution < 1.29 is 18.3 Å². The van der Waals surface area contributed by atoms with E-state index in [-0.39, 0.29) is 5.92 Å². The van der Waals surface area contributed by atoms with Crippen LogP contribution < -0.4 is 0 Å². The second-order valence-corrected chi connectivity index (χ2v) is 14.9. The first-order valence-corrected chi connectivity index (χ1v) is 13.7. The van der Waals surface area contributed by atoms with Crippen molar-refractivity contribution in [1.82, 2.24) is 0 Å². The van der Waals surface area contributed by atoms with Crippen molar-refractivity contribution in [3.63, 3.8) is 0 Å². The number of hydrogen-bond donors (Lipinski definition) is 1. The first kappa shape index (κ1) is 17.8. The molecule has 1 aromatic carbocycles. The molecule has 0 saturated carbocycles. The van der Waals surface area contributed by atoms with Gasteiger partial charge < -0.3 is 0 Å². The maximum atomic E-state index is 12.7. The Morgan fingerprint density at radius 1 is 1.21 bits per heavy atom. The average Bonchev–Trinajstić information content (AvgIpc) is 2.89. The zero-order valence-corrected chi connectivity index (χ0v) is 16.9. The van der Waals surface area contributed by atoms with E-state index >= 15 is 0 Å². The standard InChI is InChI=1S/C18H23AsO4S/c1-11(2)17(18(20)21)19-24(22,23)14-7-8-16-13(10-14)9-12-5-3-4-6-15(12)16/h7-8,10-11,17,19H,3-6,9H2,1-2H3,(H,20,21)/t17-/m0/s1. The van der Waals surface area contributed by atoms with Crippen LogP contribution >= 0.6 is 0 Å². The molecule has 1 N–H and O–H groups in total. The van der Waals surface area contributed by atoms with E-state index in [0.717, 1.165) is 24.8 Å². The quantitative estimate of drug-likeness (QED) is 0.757. The van der Waals surface area contributed by atoms with Gasteiger partial charge in [-0.3, -0.25) is 0 Å². The predicted octanol–water partition coefficient (Wildman–Crippen LogP) is 3.22. The summed E-state index contributed by atoms with van der Waals surface area (Å²) < 4.78 is 24.7.